The Labute approximate surface area is 153 Å². The van der Waals surface area contributed by atoms with Gasteiger partial charge in [-0.3, -0.25) is 0 Å². The molecule has 0 aromatic heterocycles. The Morgan fingerprint density at radius 3 is 2.48 bits per heavy atom. The van der Waals surface area contributed by atoms with Crippen LogP contribution >= 0.6 is 11.6 Å². The van der Waals surface area contributed by atoms with Gasteiger partial charge in [0, 0.05) is 32.2 Å². The van der Waals surface area contributed by atoms with Crippen LogP contribution in [0, 0.1) is 0 Å². The third-order valence-corrected chi connectivity index (χ3v) is 5.97. The predicted octanol–water partition coefficient (Wildman–Crippen LogP) is 2.59. The molecule has 0 bridgehead atoms. The second-order valence-corrected chi connectivity index (χ2v) is 7.88. The van der Waals surface area contributed by atoms with E-state index in [1.54, 1.807) is 6.92 Å². The first-order valence-electron chi connectivity index (χ1n) is 8.24. The lowest BCUT2D eigenvalue weighted by atomic mass is 10.3. The zero-order chi connectivity index (χ0) is 18.4. The van der Waals surface area contributed by atoms with Gasteiger partial charge >= 0.3 is 6.09 Å². The molecule has 7 nitrogen and oxygen atoms in total. The van der Waals surface area contributed by atoms with Gasteiger partial charge in [0.15, 0.2) is 0 Å². The van der Waals surface area contributed by atoms with Crippen LogP contribution < -0.4 is 4.74 Å². The topological polar surface area (TPSA) is 76.2 Å². The summed E-state index contributed by atoms with van der Waals surface area (Å²) in [5.41, 5.74) is 0. The lowest BCUT2D eigenvalue weighted by Gasteiger charge is -2.33. The Hall–Kier alpha value is -1.51. The summed E-state index contributed by atoms with van der Waals surface area (Å²) < 4.78 is 37.4. The highest BCUT2D eigenvalue weighted by Gasteiger charge is 2.31. The Morgan fingerprint density at radius 2 is 1.88 bits per heavy atom. The molecule has 0 saturated carbocycles. The normalized spacial score (nSPS) is 15.9. The number of piperazine rings is 1. The summed E-state index contributed by atoms with van der Waals surface area (Å²) in [4.78, 5) is 13.4. The molecule has 1 aromatic carbocycles. The number of amides is 1. The number of nitrogens with zero attached hydrogens (tertiary/aromatic N) is 2. The minimum absolute atomic E-state index is 0.132. The minimum atomic E-state index is -3.67. The van der Waals surface area contributed by atoms with Crippen molar-refractivity contribution < 1.29 is 22.7 Å². The molecule has 0 radical (unpaired) electrons. The molecule has 1 saturated heterocycles. The third-order valence-electron chi connectivity index (χ3n) is 3.77. The molecular weight excluding hydrogens is 368 g/mol. The van der Waals surface area contributed by atoms with Crippen LogP contribution in [-0.2, 0) is 14.8 Å². The Morgan fingerprint density at radius 1 is 1.20 bits per heavy atom. The molecule has 1 aliphatic rings. The number of benzene rings is 1. The average molecular weight is 391 g/mol. The molecule has 25 heavy (non-hydrogen) atoms. The summed E-state index contributed by atoms with van der Waals surface area (Å²) in [5.74, 6) is 0.356. The van der Waals surface area contributed by atoms with Crippen molar-refractivity contribution >= 4 is 27.7 Å². The van der Waals surface area contributed by atoms with E-state index in [0.29, 0.717) is 37.1 Å². The number of carbonyl (C=O) groups is 1. The summed E-state index contributed by atoms with van der Waals surface area (Å²) in [7, 11) is -3.67. The van der Waals surface area contributed by atoms with E-state index in [1.807, 2.05) is 6.92 Å². The molecule has 1 heterocycles. The molecule has 1 fully saturated rings. The molecule has 140 valence electrons. The van der Waals surface area contributed by atoms with Crippen LogP contribution in [0.15, 0.2) is 23.1 Å². The summed E-state index contributed by atoms with van der Waals surface area (Å²) in [6.45, 7) is 5.47. The molecule has 0 spiro atoms. The van der Waals surface area contributed by atoms with E-state index < -0.39 is 16.1 Å². The quantitative estimate of drug-likeness (QED) is 0.746. The van der Waals surface area contributed by atoms with Gasteiger partial charge in [-0.1, -0.05) is 18.5 Å². The van der Waals surface area contributed by atoms with Crippen molar-refractivity contribution in [1.29, 1.82) is 0 Å². The van der Waals surface area contributed by atoms with Gasteiger partial charge in [-0.25, -0.2) is 13.2 Å². The molecule has 1 aromatic rings. The van der Waals surface area contributed by atoms with E-state index in [2.05, 4.69) is 0 Å². The number of carbonyl (C=O) groups excluding carboxylic acids is 1. The van der Waals surface area contributed by atoms with Gasteiger partial charge < -0.3 is 14.4 Å². The van der Waals surface area contributed by atoms with Crippen molar-refractivity contribution in [3.05, 3.63) is 23.2 Å². The maximum absolute atomic E-state index is 12.8. The molecule has 0 atom stereocenters. The highest BCUT2D eigenvalue weighted by Crippen LogP contribution is 2.29. The fourth-order valence-electron chi connectivity index (χ4n) is 2.44. The van der Waals surface area contributed by atoms with Crippen LogP contribution in [0.25, 0.3) is 0 Å². The van der Waals surface area contributed by atoms with Crippen molar-refractivity contribution in [1.82, 2.24) is 9.21 Å². The van der Waals surface area contributed by atoms with Crippen LogP contribution in [0.1, 0.15) is 20.3 Å². The monoisotopic (exact) mass is 390 g/mol. The Kier molecular flexibility index (Phi) is 6.92. The second kappa shape index (κ2) is 8.73. The number of rotatable bonds is 6. The maximum Gasteiger partial charge on any atom is 0.409 e. The highest BCUT2D eigenvalue weighted by molar-refractivity contribution is 7.89. The SMILES string of the molecule is CCCOc1cc(S(=O)(=O)N2CCN(C(=O)OCC)CC2)ccc1Cl. The largest absolute Gasteiger partial charge is 0.492 e. The summed E-state index contributed by atoms with van der Waals surface area (Å²) in [5, 5.41) is 0.375. The van der Waals surface area contributed by atoms with Crippen molar-refractivity contribution in [2.45, 2.75) is 25.2 Å². The van der Waals surface area contributed by atoms with Crippen molar-refractivity contribution in [3.63, 3.8) is 0 Å². The number of hydrogen-bond acceptors (Lipinski definition) is 5. The predicted molar refractivity (Wildman–Crippen MR) is 94.6 cm³/mol. The average Bonchev–Trinajstić information content (AvgIpc) is 2.61. The lowest BCUT2D eigenvalue weighted by molar-refractivity contribution is 0.0934. The molecule has 0 unspecified atom stereocenters. The Balaban J connectivity index is 2.10. The van der Waals surface area contributed by atoms with Crippen LogP contribution in [-0.4, -0.2) is 63.1 Å². The zero-order valence-electron chi connectivity index (χ0n) is 14.4. The van der Waals surface area contributed by atoms with Crippen molar-refractivity contribution in [2.24, 2.45) is 0 Å². The summed E-state index contributed by atoms with van der Waals surface area (Å²) in [6.07, 6.45) is 0.379. The first kappa shape index (κ1) is 19.8. The van der Waals surface area contributed by atoms with Gasteiger partial charge in [0.1, 0.15) is 5.75 Å². The highest BCUT2D eigenvalue weighted by atomic mass is 35.5. The Bertz CT molecular complexity index is 702. The fourth-order valence-corrected chi connectivity index (χ4v) is 4.05. The van der Waals surface area contributed by atoms with Gasteiger partial charge in [0.05, 0.1) is 23.1 Å². The van der Waals surface area contributed by atoms with Gasteiger partial charge in [0.25, 0.3) is 0 Å². The fraction of sp³-hybridized carbons (Fsp3) is 0.562. The first-order valence-corrected chi connectivity index (χ1v) is 10.1. The second-order valence-electron chi connectivity index (χ2n) is 5.53. The number of ether oxygens (including phenoxy) is 2. The van der Waals surface area contributed by atoms with Gasteiger partial charge in [0.2, 0.25) is 10.0 Å². The van der Waals surface area contributed by atoms with E-state index >= 15 is 0 Å². The number of halogens is 1. The van der Waals surface area contributed by atoms with Gasteiger partial charge in [-0.05, 0) is 25.5 Å². The van der Waals surface area contributed by atoms with Crippen LogP contribution in [0.3, 0.4) is 0 Å². The number of hydrogen-bond donors (Lipinski definition) is 0. The first-order chi connectivity index (χ1) is 11.9. The van der Waals surface area contributed by atoms with Crippen LogP contribution in [0.2, 0.25) is 5.02 Å². The van der Waals surface area contributed by atoms with Crippen molar-refractivity contribution in [2.75, 3.05) is 39.4 Å². The van der Waals surface area contributed by atoms with Crippen LogP contribution in [0.5, 0.6) is 5.75 Å². The lowest BCUT2D eigenvalue weighted by Crippen LogP contribution is -2.50. The summed E-state index contributed by atoms with van der Waals surface area (Å²) in [6, 6.07) is 4.44. The molecule has 9 heteroatoms. The maximum atomic E-state index is 12.8. The zero-order valence-corrected chi connectivity index (χ0v) is 16.0. The molecular formula is C16H23ClN2O5S. The minimum Gasteiger partial charge on any atom is -0.492 e. The van der Waals surface area contributed by atoms with E-state index in [-0.39, 0.29) is 18.0 Å². The smallest absolute Gasteiger partial charge is 0.409 e. The number of sulfonamides is 1. The molecule has 1 aliphatic heterocycles. The van der Waals surface area contributed by atoms with Crippen molar-refractivity contribution in [3.8, 4) is 5.75 Å². The standard InChI is InChI=1S/C16H23ClN2O5S/c1-3-11-24-15-12-13(5-6-14(15)17)25(21,22)19-9-7-18(8-10-19)16(20)23-4-2/h5-6,12H,3-4,7-11H2,1-2H3. The molecule has 1 amide bonds. The molecule has 2 rings (SSSR count). The van der Waals surface area contributed by atoms with E-state index in [9.17, 15) is 13.2 Å². The summed E-state index contributed by atoms with van der Waals surface area (Å²) >= 11 is 6.06. The van der Waals surface area contributed by atoms with E-state index in [4.69, 9.17) is 21.1 Å². The van der Waals surface area contributed by atoms with Gasteiger partial charge in [-0.15, -0.1) is 0 Å². The van der Waals surface area contributed by atoms with E-state index in [0.717, 1.165) is 6.42 Å². The van der Waals surface area contributed by atoms with Gasteiger partial charge in [-0.2, -0.15) is 4.31 Å². The molecule has 0 N–H and O–H groups in total. The third kappa shape index (κ3) is 4.77. The molecule has 0 aliphatic carbocycles. The van der Waals surface area contributed by atoms with E-state index in [1.165, 1.54) is 27.4 Å². The van der Waals surface area contributed by atoms with Crippen LogP contribution in [0.4, 0.5) is 4.79 Å².